The number of halogens is 2. The zero-order chi connectivity index (χ0) is 14.0. The van der Waals surface area contributed by atoms with Gasteiger partial charge in [0.05, 0.1) is 17.3 Å². The fraction of sp³-hybridized carbons (Fsp3) is 0.400. The van der Waals surface area contributed by atoms with Crippen LogP contribution >= 0.6 is 23.2 Å². The van der Waals surface area contributed by atoms with Crippen LogP contribution in [-0.4, -0.2) is 34.6 Å². The largest absolute Gasteiger partial charge is 0.229 e. The second kappa shape index (κ2) is 5.77. The van der Waals surface area contributed by atoms with Gasteiger partial charge in [0.15, 0.2) is 9.84 Å². The van der Waals surface area contributed by atoms with Crippen LogP contribution in [0.4, 0.5) is 0 Å². The van der Waals surface area contributed by atoms with Gasteiger partial charge in [0.25, 0.3) is 0 Å². The van der Waals surface area contributed by atoms with Gasteiger partial charge in [-0.2, -0.15) is 0 Å². The van der Waals surface area contributed by atoms with Crippen molar-refractivity contribution in [3.8, 4) is 0 Å². The normalized spacial score (nSPS) is 12.6. The molecule has 0 amide bonds. The van der Waals surface area contributed by atoms with Gasteiger partial charge < -0.3 is 0 Å². The van der Waals surface area contributed by atoms with Crippen molar-refractivity contribution < 1.29 is 16.8 Å². The Balaban J connectivity index is 2.83. The smallest absolute Gasteiger partial charge is 0.155 e. The highest BCUT2D eigenvalue weighted by molar-refractivity contribution is 7.94. The monoisotopic (exact) mass is 330 g/mol. The van der Waals surface area contributed by atoms with E-state index in [1.165, 1.54) is 18.2 Å². The molecule has 0 N–H and O–H groups in total. The van der Waals surface area contributed by atoms with Gasteiger partial charge in [-0.3, -0.25) is 0 Å². The number of rotatable bonds is 5. The Bertz CT molecular complexity index is 636. The fourth-order valence-corrected chi connectivity index (χ4v) is 4.88. The average Bonchev–Trinajstić information content (AvgIpc) is 2.19. The lowest BCUT2D eigenvalue weighted by atomic mass is 10.2. The predicted molar refractivity (Wildman–Crippen MR) is 73.7 cm³/mol. The molecule has 0 atom stereocenters. The maximum Gasteiger partial charge on any atom is 0.155 e. The summed E-state index contributed by atoms with van der Waals surface area (Å²) in [5.41, 5.74) is 0.412. The first-order valence-electron chi connectivity index (χ1n) is 4.91. The van der Waals surface area contributed by atoms with E-state index in [0.717, 1.165) is 6.26 Å². The van der Waals surface area contributed by atoms with Crippen LogP contribution in [0.2, 0.25) is 10.0 Å². The summed E-state index contributed by atoms with van der Waals surface area (Å²) in [6.45, 7) is 0. The Morgan fingerprint density at radius 2 is 1.67 bits per heavy atom. The van der Waals surface area contributed by atoms with Crippen molar-refractivity contribution in [3.05, 3.63) is 33.8 Å². The molecular formula is C10H12Cl2O4S2. The van der Waals surface area contributed by atoms with E-state index in [9.17, 15) is 16.8 Å². The fourth-order valence-electron chi connectivity index (χ4n) is 1.23. The summed E-state index contributed by atoms with van der Waals surface area (Å²) < 4.78 is 45.3. The molecular weight excluding hydrogens is 319 g/mol. The molecule has 0 heterocycles. The van der Waals surface area contributed by atoms with Crippen molar-refractivity contribution >= 4 is 42.9 Å². The first kappa shape index (κ1) is 15.8. The summed E-state index contributed by atoms with van der Waals surface area (Å²) in [6.07, 6.45) is 0.998. The van der Waals surface area contributed by atoms with E-state index in [1.54, 1.807) is 0 Å². The molecule has 0 radical (unpaired) electrons. The molecule has 102 valence electrons. The molecule has 8 heteroatoms. The highest BCUT2D eigenvalue weighted by atomic mass is 35.5. The third-order valence-corrected chi connectivity index (χ3v) is 5.52. The SMILES string of the molecule is CS(=O)(=O)CCS(=O)(=O)Cc1ccc(Cl)cc1Cl. The van der Waals surface area contributed by atoms with Gasteiger partial charge in [-0.15, -0.1) is 0 Å². The molecule has 18 heavy (non-hydrogen) atoms. The van der Waals surface area contributed by atoms with E-state index in [1.807, 2.05) is 0 Å². The molecule has 0 aliphatic carbocycles. The Kier molecular flexibility index (Phi) is 5.05. The number of hydrogen-bond donors (Lipinski definition) is 0. The molecule has 0 aliphatic heterocycles. The third-order valence-electron chi connectivity index (χ3n) is 2.16. The first-order chi connectivity index (χ1) is 8.09. The maximum absolute atomic E-state index is 11.7. The molecule has 4 nitrogen and oxygen atoms in total. The van der Waals surface area contributed by atoms with Crippen molar-refractivity contribution in [2.45, 2.75) is 5.75 Å². The van der Waals surface area contributed by atoms with Gasteiger partial charge in [0.2, 0.25) is 0 Å². The van der Waals surface area contributed by atoms with E-state index in [0.29, 0.717) is 10.6 Å². The van der Waals surface area contributed by atoms with Crippen LogP contribution in [-0.2, 0) is 25.4 Å². The Labute approximate surface area is 117 Å². The van der Waals surface area contributed by atoms with Crippen molar-refractivity contribution in [2.75, 3.05) is 17.8 Å². The maximum atomic E-state index is 11.7. The van der Waals surface area contributed by atoms with Gasteiger partial charge in [0.1, 0.15) is 9.84 Å². The summed E-state index contributed by atoms with van der Waals surface area (Å²) in [4.78, 5) is 0. The molecule has 0 saturated carbocycles. The van der Waals surface area contributed by atoms with Crippen LogP contribution in [0, 0.1) is 0 Å². The van der Waals surface area contributed by atoms with Crippen LogP contribution in [0.25, 0.3) is 0 Å². The molecule has 0 aliphatic rings. The molecule has 0 unspecified atom stereocenters. The van der Waals surface area contributed by atoms with Crippen LogP contribution in [0.5, 0.6) is 0 Å². The van der Waals surface area contributed by atoms with Gasteiger partial charge in [-0.1, -0.05) is 29.3 Å². The van der Waals surface area contributed by atoms with Crippen LogP contribution in [0.3, 0.4) is 0 Å². The van der Waals surface area contributed by atoms with Crippen molar-refractivity contribution in [3.63, 3.8) is 0 Å². The molecule has 1 rings (SSSR count). The van der Waals surface area contributed by atoms with Crippen LogP contribution < -0.4 is 0 Å². The number of hydrogen-bond acceptors (Lipinski definition) is 4. The lowest BCUT2D eigenvalue weighted by molar-refractivity contribution is 0.589. The molecule has 0 fully saturated rings. The predicted octanol–water partition coefficient (Wildman–Crippen LogP) is 1.95. The lowest BCUT2D eigenvalue weighted by Gasteiger charge is -2.06. The van der Waals surface area contributed by atoms with Gasteiger partial charge >= 0.3 is 0 Å². The Morgan fingerprint density at radius 3 is 2.17 bits per heavy atom. The lowest BCUT2D eigenvalue weighted by Crippen LogP contribution is -2.17. The third kappa shape index (κ3) is 5.56. The second-order valence-corrected chi connectivity index (χ2v) is 9.25. The zero-order valence-electron chi connectivity index (χ0n) is 9.56. The van der Waals surface area contributed by atoms with E-state index in [2.05, 4.69) is 0 Å². The van der Waals surface area contributed by atoms with E-state index >= 15 is 0 Å². The summed E-state index contributed by atoms with van der Waals surface area (Å²) in [6, 6.07) is 4.50. The first-order valence-corrected chi connectivity index (χ1v) is 9.55. The molecule has 0 spiro atoms. The van der Waals surface area contributed by atoms with E-state index < -0.39 is 25.4 Å². The molecule has 1 aromatic carbocycles. The van der Waals surface area contributed by atoms with Crippen molar-refractivity contribution in [1.29, 1.82) is 0 Å². The summed E-state index contributed by atoms with van der Waals surface area (Å²) in [5, 5.41) is 0.669. The van der Waals surface area contributed by atoms with Crippen LogP contribution in [0.1, 0.15) is 5.56 Å². The summed E-state index contributed by atoms with van der Waals surface area (Å²) >= 11 is 11.6. The topological polar surface area (TPSA) is 68.3 Å². The van der Waals surface area contributed by atoms with Gasteiger partial charge in [-0.25, -0.2) is 16.8 Å². The highest BCUT2D eigenvalue weighted by Gasteiger charge is 2.17. The molecule has 0 bridgehead atoms. The molecule has 0 aromatic heterocycles. The van der Waals surface area contributed by atoms with E-state index in [4.69, 9.17) is 23.2 Å². The number of sulfone groups is 2. The van der Waals surface area contributed by atoms with Crippen LogP contribution in [0.15, 0.2) is 18.2 Å². The average molecular weight is 331 g/mol. The number of benzene rings is 1. The Morgan fingerprint density at radius 1 is 1.06 bits per heavy atom. The minimum atomic E-state index is -3.51. The van der Waals surface area contributed by atoms with Crippen molar-refractivity contribution in [2.24, 2.45) is 0 Å². The van der Waals surface area contributed by atoms with E-state index in [-0.39, 0.29) is 16.5 Å². The molecule has 1 aromatic rings. The minimum absolute atomic E-state index is 0.255. The zero-order valence-corrected chi connectivity index (χ0v) is 12.7. The minimum Gasteiger partial charge on any atom is -0.229 e. The van der Waals surface area contributed by atoms with Gasteiger partial charge in [-0.05, 0) is 17.7 Å². The quantitative estimate of drug-likeness (QED) is 0.827. The molecule has 0 saturated heterocycles. The highest BCUT2D eigenvalue weighted by Crippen LogP contribution is 2.22. The standard InChI is InChI=1S/C10H12Cl2O4S2/c1-17(13,14)4-5-18(15,16)7-8-2-3-9(11)6-10(8)12/h2-3,6H,4-5,7H2,1H3. The Hall–Kier alpha value is -0.300. The second-order valence-electron chi connectivity index (χ2n) is 3.96. The summed E-state index contributed by atoms with van der Waals surface area (Å²) in [5.74, 6) is -1.09. The van der Waals surface area contributed by atoms with Crippen molar-refractivity contribution in [1.82, 2.24) is 0 Å². The van der Waals surface area contributed by atoms with Gasteiger partial charge in [0, 0.05) is 16.3 Å². The summed E-state index contributed by atoms with van der Waals surface area (Å²) in [7, 11) is -6.81.